The van der Waals surface area contributed by atoms with Crippen LogP contribution in [-0.4, -0.2) is 73.6 Å². The molecule has 1 aliphatic rings. The molecule has 30 heavy (non-hydrogen) atoms. The van der Waals surface area contributed by atoms with Crippen LogP contribution in [0.25, 0.3) is 10.9 Å². The van der Waals surface area contributed by atoms with E-state index in [9.17, 15) is 8.42 Å². The second-order valence-electron chi connectivity index (χ2n) is 7.08. The lowest BCUT2D eigenvalue weighted by atomic mass is 10.1. The Morgan fingerprint density at radius 1 is 1.27 bits per heavy atom. The van der Waals surface area contributed by atoms with Gasteiger partial charge in [0, 0.05) is 54.8 Å². The number of halogens is 1. The van der Waals surface area contributed by atoms with Gasteiger partial charge in [0.15, 0.2) is 5.96 Å². The summed E-state index contributed by atoms with van der Waals surface area (Å²) in [5, 5.41) is 7.80. The van der Waals surface area contributed by atoms with Crippen molar-refractivity contribution in [3.05, 3.63) is 35.5 Å². The number of aromatic nitrogens is 1. The smallest absolute Gasteiger partial charge is 0.215 e. The monoisotopic (exact) mass is 565 g/mol. The van der Waals surface area contributed by atoms with Crippen molar-refractivity contribution in [2.45, 2.75) is 20.3 Å². The number of rotatable bonds is 8. The molecule has 3 rings (SSSR count). The first-order chi connectivity index (χ1) is 14.0. The van der Waals surface area contributed by atoms with Gasteiger partial charge >= 0.3 is 0 Å². The molecule has 3 N–H and O–H groups in total. The summed E-state index contributed by atoms with van der Waals surface area (Å²) in [6.07, 6.45) is 2.92. The maximum atomic E-state index is 12.5. The van der Waals surface area contributed by atoms with Crippen molar-refractivity contribution in [1.82, 2.24) is 19.9 Å². The number of nitrogens with one attached hydrogen (secondary N) is 3. The Morgan fingerprint density at radius 3 is 2.77 bits per heavy atom. The summed E-state index contributed by atoms with van der Waals surface area (Å²) in [6.45, 7) is 7.06. The molecular formula is C20H32IN5O2S2. The predicted molar refractivity (Wildman–Crippen MR) is 139 cm³/mol. The van der Waals surface area contributed by atoms with E-state index in [0.717, 1.165) is 36.5 Å². The standard InChI is InChI=1S/C20H31N5O2S2.HI/c1-3-21-20(23-9-14-29(26,27)25-10-12-28-13-11-25)22-8-7-17-15-24-18-6-4-5-16(2)19(17)18;/h4-6,15,24H,3,7-14H2,1-2H3,(H2,21,22,23);1H. The average Bonchev–Trinajstić information content (AvgIpc) is 3.13. The molecule has 0 spiro atoms. The Hall–Kier alpha value is -0.980. The van der Waals surface area contributed by atoms with Crippen LogP contribution in [-0.2, 0) is 16.4 Å². The van der Waals surface area contributed by atoms with Crippen LogP contribution in [0.1, 0.15) is 18.1 Å². The van der Waals surface area contributed by atoms with Crippen molar-refractivity contribution in [3.63, 3.8) is 0 Å². The number of fused-ring (bicyclic) bond motifs is 1. The minimum Gasteiger partial charge on any atom is -0.361 e. The zero-order valence-corrected chi connectivity index (χ0v) is 21.6. The highest BCUT2D eigenvalue weighted by Gasteiger charge is 2.23. The highest BCUT2D eigenvalue weighted by atomic mass is 127. The van der Waals surface area contributed by atoms with Gasteiger partial charge in [0.2, 0.25) is 10.0 Å². The van der Waals surface area contributed by atoms with Crippen LogP contribution < -0.4 is 10.6 Å². The number of guanidine groups is 1. The van der Waals surface area contributed by atoms with Gasteiger partial charge in [-0.25, -0.2) is 12.7 Å². The summed E-state index contributed by atoms with van der Waals surface area (Å²) in [4.78, 5) is 7.80. The summed E-state index contributed by atoms with van der Waals surface area (Å²) in [7, 11) is -3.23. The van der Waals surface area contributed by atoms with E-state index in [2.05, 4.69) is 51.9 Å². The molecule has 2 heterocycles. The summed E-state index contributed by atoms with van der Waals surface area (Å²) in [6, 6.07) is 6.27. The fraction of sp³-hybridized carbons (Fsp3) is 0.550. The Labute approximate surface area is 200 Å². The van der Waals surface area contributed by atoms with E-state index in [4.69, 9.17) is 0 Å². The first-order valence-corrected chi connectivity index (χ1v) is 12.9. The molecule has 1 aromatic carbocycles. The lowest BCUT2D eigenvalue weighted by Gasteiger charge is -2.25. The minimum atomic E-state index is -3.23. The molecule has 0 unspecified atom stereocenters. The molecule has 7 nitrogen and oxygen atoms in total. The predicted octanol–water partition coefficient (Wildman–Crippen LogP) is 2.57. The third kappa shape index (κ3) is 6.76. The van der Waals surface area contributed by atoms with Crippen LogP contribution in [0.2, 0.25) is 0 Å². The van der Waals surface area contributed by atoms with Crippen LogP contribution >= 0.6 is 35.7 Å². The van der Waals surface area contributed by atoms with Crippen molar-refractivity contribution >= 4 is 62.6 Å². The molecule has 10 heteroatoms. The number of hydrogen-bond acceptors (Lipinski definition) is 4. The molecule has 0 amide bonds. The van der Waals surface area contributed by atoms with Crippen molar-refractivity contribution in [3.8, 4) is 0 Å². The first-order valence-electron chi connectivity index (χ1n) is 10.1. The topological polar surface area (TPSA) is 89.6 Å². The number of hydrogen-bond donors (Lipinski definition) is 3. The number of thioether (sulfide) groups is 1. The highest BCUT2D eigenvalue weighted by molar-refractivity contribution is 14.0. The Bertz CT molecular complexity index is 940. The van der Waals surface area contributed by atoms with E-state index in [1.54, 1.807) is 16.1 Å². The molecule has 1 fully saturated rings. The summed E-state index contributed by atoms with van der Waals surface area (Å²) in [5.41, 5.74) is 3.69. The van der Waals surface area contributed by atoms with E-state index in [0.29, 0.717) is 19.0 Å². The quantitative estimate of drug-likeness (QED) is 0.260. The second kappa shape index (κ2) is 12.2. The van der Waals surface area contributed by atoms with E-state index in [-0.39, 0.29) is 36.3 Å². The number of benzene rings is 1. The van der Waals surface area contributed by atoms with Gasteiger partial charge in [-0.15, -0.1) is 24.0 Å². The van der Waals surface area contributed by atoms with Gasteiger partial charge in [-0.1, -0.05) is 12.1 Å². The molecule has 0 bridgehead atoms. The molecule has 1 aromatic heterocycles. The zero-order valence-electron chi connectivity index (χ0n) is 17.6. The van der Waals surface area contributed by atoms with Crippen molar-refractivity contribution in [1.29, 1.82) is 0 Å². The van der Waals surface area contributed by atoms with Crippen LogP contribution in [0.15, 0.2) is 29.4 Å². The molecule has 1 aliphatic heterocycles. The lowest BCUT2D eigenvalue weighted by molar-refractivity contribution is 0.444. The minimum absolute atomic E-state index is 0. The average molecular weight is 566 g/mol. The van der Waals surface area contributed by atoms with Crippen LogP contribution in [0.5, 0.6) is 0 Å². The number of nitrogens with zero attached hydrogens (tertiary/aromatic N) is 2. The Kier molecular flexibility index (Phi) is 10.2. The number of aryl methyl sites for hydroxylation is 1. The number of sulfonamides is 1. The van der Waals surface area contributed by atoms with Gasteiger partial charge in [0.05, 0.1) is 12.3 Å². The van der Waals surface area contributed by atoms with Gasteiger partial charge in [0.25, 0.3) is 0 Å². The SMILES string of the molecule is CCNC(=NCCS(=O)(=O)N1CCSCC1)NCCc1c[nH]c2cccc(C)c12.I. The molecule has 0 radical (unpaired) electrons. The van der Waals surface area contributed by atoms with Crippen LogP contribution in [0.3, 0.4) is 0 Å². The third-order valence-corrected chi connectivity index (χ3v) is 7.80. The molecule has 1 saturated heterocycles. The van der Waals surface area contributed by atoms with Gasteiger partial charge in [-0.2, -0.15) is 11.8 Å². The number of aliphatic imine (C=N–C) groups is 1. The number of H-pyrrole nitrogens is 1. The van der Waals surface area contributed by atoms with Crippen molar-refractivity contribution < 1.29 is 8.42 Å². The maximum Gasteiger partial charge on any atom is 0.215 e. The summed E-state index contributed by atoms with van der Waals surface area (Å²) >= 11 is 1.80. The van der Waals surface area contributed by atoms with Gasteiger partial charge < -0.3 is 15.6 Å². The van der Waals surface area contributed by atoms with Crippen LogP contribution in [0.4, 0.5) is 0 Å². The van der Waals surface area contributed by atoms with Gasteiger partial charge in [-0.3, -0.25) is 4.99 Å². The van der Waals surface area contributed by atoms with E-state index < -0.39 is 10.0 Å². The second-order valence-corrected chi connectivity index (χ2v) is 10.4. The molecule has 0 aliphatic carbocycles. The Balaban J connectivity index is 0.00000320. The largest absolute Gasteiger partial charge is 0.361 e. The number of aromatic amines is 1. The normalized spacial score (nSPS) is 15.7. The third-order valence-electron chi connectivity index (χ3n) is 5.01. The van der Waals surface area contributed by atoms with E-state index in [1.807, 2.05) is 6.92 Å². The summed E-state index contributed by atoms with van der Waals surface area (Å²) in [5.74, 6) is 2.46. The zero-order chi connectivity index (χ0) is 20.7. The first kappa shape index (κ1) is 25.3. The van der Waals surface area contributed by atoms with Gasteiger partial charge in [0.1, 0.15) is 0 Å². The van der Waals surface area contributed by atoms with Crippen molar-refractivity contribution in [2.75, 3.05) is 50.0 Å². The van der Waals surface area contributed by atoms with Gasteiger partial charge in [-0.05, 0) is 37.5 Å². The Morgan fingerprint density at radius 2 is 2.03 bits per heavy atom. The summed E-state index contributed by atoms with van der Waals surface area (Å²) < 4.78 is 26.5. The molecular weight excluding hydrogens is 533 g/mol. The van der Waals surface area contributed by atoms with E-state index >= 15 is 0 Å². The molecule has 0 saturated carbocycles. The molecule has 2 aromatic rings. The van der Waals surface area contributed by atoms with Crippen molar-refractivity contribution in [2.24, 2.45) is 4.99 Å². The maximum absolute atomic E-state index is 12.5. The molecule has 168 valence electrons. The lowest BCUT2D eigenvalue weighted by Crippen LogP contribution is -2.41. The van der Waals surface area contributed by atoms with E-state index in [1.165, 1.54) is 16.5 Å². The van der Waals surface area contributed by atoms with Crippen LogP contribution in [0, 0.1) is 6.92 Å². The fourth-order valence-corrected chi connectivity index (χ4v) is 5.99. The highest BCUT2D eigenvalue weighted by Crippen LogP contribution is 2.22. The molecule has 0 atom stereocenters. The fourth-order valence-electron chi connectivity index (χ4n) is 3.53.